The molecule has 0 fully saturated rings. The first-order valence-electron chi connectivity index (χ1n) is 9.31. The molecule has 0 amide bonds. The van der Waals surface area contributed by atoms with Crippen molar-refractivity contribution in [2.75, 3.05) is 36.1 Å². The maximum Gasteiger partial charge on any atom is 0.105 e. The Balaban J connectivity index is 4.11. The monoisotopic (exact) mass is 435 g/mol. The zero-order chi connectivity index (χ0) is 21.8. The Morgan fingerprint density at radius 3 is 1.75 bits per heavy atom. The van der Waals surface area contributed by atoms with Crippen molar-refractivity contribution in [1.29, 1.82) is 16.3 Å². The average molecular weight is 436 g/mol. The maximum absolute atomic E-state index is 12.2. The topological polar surface area (TPSA) is 151 Å². The Bertz CT molecular complexity index is 548. The van der Waals surface area contributed by atoms with Gasteiger partial charge in [-0.1, -0.05) is 32.9 Å². The summed E-state index contributed by atoms with van der Waals surface area (Å²) in [6.45, 7) is 9.06. The highest BCUT2D eigenvalue weighted by molar-refractivity contribution is 7.85. The van der Waals surface area contributed by atoms with Crippen molar-refractivity contribution in [2.24, 2.45) is 21.9 Å². The summed E-state index contributed by atoms with van der Waals surface area (Å²) in [6.07, 6.45) is 4.22. The van der Waals surface area contributed by atoms with Crippen molar-refractivity contribution in [3.63, 3.8) is 0 Å². The Morgan fingerprint density at radius 2 is 1.36 bits per heavy atom. The molecule has 2 unspecified atom stereocenters. The molecule has 0 aliphatic rings. The Labute approximate surface area is 174 Å². The summed E-state index contributed by atoms with van der Waals surface area (Å²) in [7, 11) is -1.91. The molecule has 0 heterocycles. The summed E-state index contributed by atoms with van der Waals surface area (Å²) in [5, 5.41) is 20.1. The van der Waals surface area contributed by atoms with E-state index in [1.54, 1.807) is 0 Å². The van der Waals surface area contributed by atoms with Gasteiger partial charge in [-0.3, -0.25) is 19.2 Å². The van der Waals surface area contributed by atoms with Gasteiger partial charge in [-0.15, -0.1) is 0 Å². The number of hydrogen-bond acceptors (Lipinski definition) is 7. The van der Waals surface area contributed by atoms with Gasteiger partial charge in [-0.05, 0) is 30.1 Å². The molecule has 0 aliphatic heterocycles. The van der Waals surface area contributed by atoms with Crippen LogP contribution in [0.15, 0.2) is 5.22 Å². The minimum absolute atomic E-state index is 0.119. The van der Waals surface area contributed by atoms with Crippen molar-refractivity contribution in [1.82, 2.24) is 10.0 Å². The van der Waals surface area contributed by atoms with Gasteiger partial charge in [0.15, 0.2) is 0 Å². The largest absolute Gasteiger partial charge is 0.301 e. The molecule has 5 N–H and O–H groups in total. The van der Waals surface area contributed by atoms with Gasteiger partial charge in [-0.25, -0.2) is 10.9 Å². The van der Waals surface area contributed by atoms with E-state index in [2.05, 4.69) is 5.22 Å². The molecular weight excluding hydrogens is 398 g/mol. The van der Waals surface area contributed by atoms with Gasteiger partial charge in [0, 0.05) is 57.7 Å². The molecule has 0 bridgehead atoms. The summed E-state index contributed by atoms with van der Waals surface area (Å²) in [4.78, 5) is 0. The van der Waals surface area contributed by atoms with Crippen molar-refractivity contribution in [3.05, 3.63) is 0 Å². The fraction of sp³-hybridized carbons (Fsp3) is 0.882. The quantitative estimate of drug-likeness (QED) is 0.0909. The van der Waals surface area contributed by atoms with Crippen LogP contribution in [0.3, 0.4) is 0 Å². The smallest absolute Gasteiger partial charge is 0.105 e. The van der Waals surface area contributed by atoms with Crippen molar-refractivity contribution >= 4 is 34.3 Å². The lowest BCUT2D eigenvalue weighted by Crippen LogP contribution is -2.38. The number of nitrogens with two attached hydrogens (primary N) is 1. The van der Waals surface area contributed by atoms with E-state index in [0.29, 0.717) is 48.9 Å². The second-order valence-electron chi connectivity index (χ2n) is 8.51. The Kier molecular flexibility index (Phi) is 12.5. The molecule has 9 nitrogen and oxygen atoms in total. The highest BCUT2D eigenvalue weighted by Crippen LogP contribution is 2.23. The van der Waals surface area contributed by atoms with Crippen LogP contribution in [0.5, 0.6) is 0 Å². The highest BCUT2D eigenvalue weighted by Gasteiger charge is 2.22. The second kappa shape index (κ2) is 13.1. The van der Waals surface area contributed by atoms with E-state index in [1.165, 1.54) is 10.0 Å². The predicted octanol–water partition coefficient (Wildman–Crippen LogP) is 2.34. The van der Waals surface area contributed by atoms with Gasteiger partial charge < -0.3 is 5.01 Å². The van der Waals surface area contributed by atoms with Crippen LogP contribution in [-0.4, -0.2) is 67.2 Å². The summed E-state index contributed by atoms with van der Waals surface area (Å²) in [6, 6.07) is 0. The van der Waals surface area contributed by atoms with Gasteiger partial charge in [0.1, 0.15) is 6.34 Å². The molecule has 0 aromatic carbocycles. The van der Waals surface area contributed by atoms with Crippen LogP contribution < -0.4 is 5.84 Å². The summed E-state index contributed by atoms with van der Waals surface area (Å²) in [5.41, 5.74) is 6.68. The summed E-state index contributed by atoms with van der Waals surface area (Å²) >= 11 is 0. The summed E-state index contributed by atoms with van der Waals surface area (Å²) < 4.78 is 24.4. The molecule has 0 aromatic rings. The van der Waals surface area contributed by atoms with Crippen LogP contribution in [0.25, 0.3) is 0 Å². The van der Waals surface area contributed by atoms with Crippen molar-refractivity contribution in [3.8, 4) is 0 Å². The van der Waals surface area contributed by atoms with E-state index in [1.807, 2.05) is 27.7 Å². The lowest BCUT2D eigenvalue weighted by molar-refractivity contribution is 0.242. The minimum atomic E-state index is -0.967. The first kappa shape index (κ1) is 26.8. The number of hydrogen-bond donors (Lipinski definition) is 4. The van der Waals surface area contributed by atoms with Crippen LogP contribution in [0.4, 0.5) is 0 Å². The molecule has 0 aromatic heterocycles. The van der Waals surface area contributed by atoms with Crippen LogP contribution >= 0.6 is 0 Å². The first-order valence-corrected chi connectivity index (χ1v) is 12.3. The van der Waals surface area contributed by atoms with E-state index in [-0.39, 0.29) is 10.8 Å². The molecule has 0 spiro atoms. The number of rotatable bonds is 17. The first-order chi connectivity index (χ1) is 12.9. The minimum Gasteiger partial charge on any atom is -0.301 e. The molecule has 0 radical (unpaired) electrons. The standard InChI is InChI=1S/C17H37N7O2S2/c1-16(2,12-23(21)14-18)6-10-27(25)8-5-9-28(26)11-7-17(3,4)13-24(15-19)22-20/h14-15,18-20H,5-13,21H2,1-4H3. The molecule has 164 valence electrons. The highest BCUT2D eigenvalue weighted by atomic mass is 32.2. The number of nitrogens with one attached hydrogen (secondary N) is 3. The SMILES string of the molecule is CC(C)(CCS(=O)CCCS(=O)CCC(C)(C)CN(C=N)N=N)CN(N)C=N. The Hall–Kier alpha value is -1.20. The number of nitrogens with zero attached hydrogens (tertiary/aromatic N) is 3. The van der Waals surface area contributed by atoms with E-state index < -0.39 is 21.6 Å². The lowest BCUT2D eigenvalue weighted by Gasteiger charge is -2.28. The normalized spacial score (nSPS) is 14.2. The van der Waals surface area contributed by atoms with E-state index in [4.69, 9.17) is 22.2 Å². The van der Waals surface area contributed by atoms with Crippen LogP contribution in [-0.2, 0) is 21.6 Å². The van der Waals surface area contributed by atoms with Crippen molar-refractivity contribution in [2.45, 2.75) is 47.0 Å². The van der Waals surface area contributed by atoms with Gasteiger partial charge in [0.05, 0.1) is 6.34 Å². The molecule has 28 heavy (non-hydrogen) atoms. The third-order valence-electron chi connectivity index (χ3n) is 4.40. The average Bonchev–Trinajstić information content (AvgIpc) is 2.62. The Morgan fingerprint density at radius 1 is 0.893 bits per heavy atom. The molecule has 2 atom stereocenters. The molecule has 0 rings (SSSR count). The molecule has 0 saturated carbocycles. The fourth-order valence-corrected chi connectivity index (χ4v) is 5.70. The molecule has 0 aliphatic carbocycles. The maximum atomic E-state index is 12.2. The van der Waals surface area contributed by atoms with E-state index in [9.17, 15) is 8.42 Å². The van der Waals surface area contributed by atoms with Crippen LogP contribution in [0, 0.1) is 27.2 Å². The lowest BCUT2D eigenvalue weighted by atomic mass is 9.90. The van der Waals surface area contributed by atoms with E-state index >= 15 is 0 Å². The molecular formula is C17H37N7O2S2. The zero-order valence-corrected chi connectivity index (χ0v) is 19.2. The van der Waals surface area contributed by atoms with E-state index in [0.717, 1.165) is 19.1 Å². The van der Waals surface area contributed by atoms with Gasteiger partial charge in [0.2, 0.25) is 0 Å². The zero-order valence-electron chi connectivity index (χ0n) is 17.6. The van der Waals surface area contributed by atoms with Crippen molar-refractivity contribution < 1.29 is 8.42 Å². The summed E-state index contributed by atoms with van der Waals surface area (Å²) in [5.74, 6) is 7.84. The molecule has 11 heteroatoms. The predicted molar refractivity (Wildman–Crippen MR) is 117 cm³/mol. The third kappa shape index (κ3) is 13.1. The van der Waals surface area contributed by atoms with Crippen LogP contribution in [0.2, 0.25) is 0 Å². The van der Waals surface area contributed by atoms with Crippen LogP contribution in [0.1, 0.15) is 47.0 Å². The second-order valence-corrected chi connectivity index (χ2v) is 11.9. The van der Waals surface area contributed by atoms with Gasteiger partial charge >= 0.3 is 0 Å². The van der Waals surface area contributed by atoms with Gasteiger partial charge in [-0.2, -0.15) is 5.53 Å². The fourth-order valence-electron chi connectivity index (χ4n) is 2.61. The van der Waals surface area contributed by atoms with Gasteiger partial charge in [0.25, 0.3) is 0 Å². The number of hydrazine groups is 1. The molecule has 0 saturated heterocycles. The third-order valence-corrected chi connectivity index (χ3v) is 7.21.